The van der Waals surface area contributed by atoms with E-state index in [2.05, 4.69) is 17.2 Å². The number of benzene rings is 1. The molecule has 0 saturated carbocycles. The molecule has 2 rings (SSSR count). The molecule has 1 unspecified atom stereocenters. The van der Waals surface area contributed by atoms with Crippen LogP contribution >= 0.6 is 11.6 Å². The number of nitrogens with zero attached hydrogens (tertiary/aromatic N) is 2. The SMILES string of the molecule is CC(=O)OCCN(CCCC(C)Nc1ccnc2cc(Cl)ccc12)C(C)=O. The van der Waals surface area contributed by atoms with Gasteiger partial charge in [0.25, 0.3) is 0 Å². The predicted molar refractivity (Wildman–Crippen MR) is 108 cm³/mol. The minimum absolute atomic E-state index is 0.0141. The van der Waals surface area contributed by atoms with Gasteiger partial charge in [-0.05, 0) is 44.0 Å². The maximum atomic E-state index is 11.7. The number of hydrogen-bond donors (Lipinski definition) is 1. The molecule has 146 valence electrons. The van der Waals surface area contributed by atoms with Crippen LogP contribution in [0.15, 0.2) is 30.5 Å². The molecule has 1 amide bonds. The highest BCUT2D eigenvalue weighted by atomic mass is 35.5. The van der Waals surface area contributed by atoms with Crippen LogP contribution in [0, 0.1) is 0 Å². The first kappa shape index (κ1) is 21.0. The highest BCUT2D eigenvalue weighted by Gasteiger charge is 2.11. The third-order valence-electron chi connectivity index (χ3n) is 4.28. The van der Waals surface area contributed by atoms with Gasteiger partial charge in [-0.25, -0.2) is 0 Å². The third kappa shape index (κ3) is 6.71. The minimum atomic E-state index is -0.331. The zero-order valence-corrected chi connectivity index (χ0v) is 16.8. The van der Waals surface area contributed by atoms with Crippen molar-refractivity contribution in [3.8, 4) is 0 Å². The number of carbonyl (C=O) groups is 2. The van der Waals surface area contributed by atoms with Crippen molar-refractivity contribution in [2.75, 3.05) is 25.0 Å². The van der Waals surface area contributed by atoms with E-state index in [1.807, 2.05) is 24.3 Å². The van der Waals surface area contributed by atoms with Crippen LogP contribution in [0.2, 0.25) is 5.02 Å². The maximum Gasteiger partial charge on any atom is 0.302 e. The van der Waals surface area contributed by atoms with E-state index < -0.39 is 0 Å². The molecule has 0 aliphatic rings. The van der Waals surface area contributed by atoms with Crippen molar-refractivity contribution < 1.29 is 14.3 Å². The van der Waals surface area contributed by atoms with Crippen molar-refractivity contribution in [3.05, 3.63) is 35.5 Å². The number of nitrogens with one attached hydrogen (secondary N) is 1. The largest absolute Gasteiger partial charge is 0.464 e. The Balaban J connectivity index is 1.86. The predicted octanol–water partition coefficient (Wildman–Crippen LogP) is 3.88. The summed E-state index contributed by atoms with van der Waals surface area (Å²) in [6.07, 6.45) is 3.51. The molecule has 27 heavy (non-hydrogen) atoms. The van der Waals surface area contributed by atoms with E-state index in [9.17, 15) is 9.59 Å². The summed E-state index contributed by atoms with van der Waals surface area (Å²) in [6.45, 7) is 6.29. The molecule has 2 aromatic rings. The number of rotatable bonds is 9. The molecular formula is C20H26ClN3O3. The summed E-state index contributed by atoms with van der Waals surface area (Å²) in [6, 6.07) is 7.85. The fraction of sp³-hybridized carbons (Fsp3) is 0.450. The van der Waals surface area contributed by atoms with Gasteiger partial charge in [-0.2, -0.15) is 0 Å². The standard InChI is InChI=1S/C20H26ClN3O3/c1-14(5-4-10-24(15(2)25)11-12-27-16(3)26)23-19-8-9-22-20-13-17(21)6-7-18(19)20/h6-9,13-14H,4-5,10-12H2,1-3H3,(H,22,23). The van der Waals surface area contributed by atoms with E-state index in [0.29, 0.717) is 18.1 Å². The molecule has 0 saturated heterocycles. The van der Waals surface area contributed by atoms with Crippen molar-refractivity contribution in [2.45, 2.75) is 39.7 Å². The van der Waals surface area contributed by atoms with Crippen molar-refractivity contribution in [3.63, 3.8) is 0 Å². The van der Waals surface area contributed by atoms with Gasteiger partial charge in [-0.1, -0.05) is 11.6 Å². The number of amides is 1. The molecule has 0 aliphatic carbocycles. The van der Waals surface area contributed by atoms with Crippen molar-refractivity contribution in [1.29, 1.82) is 0 Å². The fourth-order valence-electron chi connectivity index (χ4n) is 2.90. The van der Waals surface area contributed by atoms with E-state index >= 15 is 0 Å². The summed E-state index contributed by atoms with van der Waals surface area (Å²) in [5.41, 5.74) is 1.87. The first-order chi connectivity index (χ1) is 12.9. The Morgan fingerprint density at radius 2 is 2.04 bits per heavy atom. The average Bonchev–Trinajstić information content (AvgIpc) is 2.59. The summed E-state index contributed by atoms with van der Waals surface area (Å²) >= 11 is 6.03. The lowest BCUT2D eigenvalue weighted by Crippen LogP contribution is -2.34. The van der Waals surface area contributed by atoms with Gasteiger partial charge in [-0.15, -0.1) is 0 Å². The molecule has 0 radical (unpaired) electrons. The molecule has 1 aromatic carbocycles. The zero-order chi connectivity index (χ0) is 19.8. The van der Waals surface area contributed by atoms with Crippen LogP contribution < -0.4 is 5.32 Å². The molecule has 0 bridgehead atoms. The van der Waals surface area contributed by atoms with Crippen LogP contribution in [0.25, 0.3) is 10.9 Å². The second-order valence-electron chi connectivity index (χ2n) is 6.55. The number of ether oxygens (including phenoxy) is 1. The van der Waals surface area contributed by atoms with Gasteiger partial charge >= 0.3 is 5.97 Å². The Labute approximate surface area is 164 Å². The highest BCUT2D eigenvalue weighted by molar-refractivity contribution is 6.31. The molecule has 6 nitrogen and oxygen atoms in total. The Morgan fingerprint density at radius 3 is 2.74 bits per heavy atom. The number of fused-ring (bicyclic) bond motifs is 1. The smallest absolute Gasteiger partial charge is 0.302 e. The van der Waals surface area contributed by atoms with Crippen LogP contribution in [-0.2, 0) is 14.3 Å². The third-order valence-corrected chi connectivity index (χ3v) is 4.52. The van der Waals surface area contributed by atoms with Crippen molar-refractivity contribution in [1.82, 2.24) is 9.88 Å². The second kappa shape index (κ2) is 10.1. The van der Waals surface area contributed by atoms with Gasteiger partial charge in [0.1, 0.15) is 6.61 Å². The van der Waals surface area contributed by atoms with Crippen molar-refractivity contribution >= 4 is 40.1 Å². The summed E-state index contributed by atoms with van der Waals surface area (Å²) < 4.78 is 4.92. The zero-order valence-electron chi connectivity index (χ0n) is 16.0. The summed E-state index contributed by atoms with van der Waals surface area (Å²) in [5.74, 6) is -0.345. The van der Waals surface area contributed by atoms with Crippen LogP contribution in [0.3, 0.4) is 0 Å². The topological polar surface area (TPSA) is 71.5 Å². The quantitative estimate of drug-likeness (QED) is 0.657. The fourth-order valence-corrected chi connectivity index (χ4v) is 3.07. The average molecular weight is 392 g/mol. The Hall–Kier alpha value is -2.34. The number of anilines is 1. The van der Waals surface area contributed by atoms with Gasteiger partial charge in [0.15, 0.2) is 0 Å². The first-order valence-electron chi connectivity index (χ1n) is 9.06. The molecule has 1 N–H and O–H groups in total. The lowest BCUT2D eigenvalue weighted by Gasteiger charge is -2.22. The van der Waals surface area contributed by atoms with E-state index in [-0.39, 0.29) is 24.5 Å². The Morgan fingerprint density at radius 1 is 1.26 bits per heavy atom. The molecule has 1 atom stereocenters. The summed E-state index contributed by atoms with van der Waals surface area (Å²) in [5, 5.41) is 5.20. The van der Waals surface area contributed by atoms with Crippen LogP contribution in [-0.4, -0.2) is 47.5 Å². The Bertz CT molecular complexity index is 797. The monoisotopic (exact) mass is 391 g/mol. The number of esters is 1. The Kier molecular flexibility index (Phi) is 7.85. The van der Waals surface area contributed by atoms with Crippen LogP contribution in [0.5, 0.6) is 0 Å². The number of hydrogen-bond acceptors (Lipinski definition) is 5. The maximum absolute atomic E-state index is 11.7. The number of pyridine rings is 1. The van der Waals surface area contributed by atoms with Crippen molar-refractivity contribution in [2.24, 2.45) is 0 Å². The second-order valence-corrected chi connectivity index (χ2v) is 6.99. The molecule has 0 aliphatic heterocycles. The first-order valence-corrected chi connectivity index (χ1v) is 9.44. The van der Waals surface area contributed by atoms with Gasteiger partial charge in [-0.3, -0.25) is 14.6 Å². The lowest BCUT2D eigenvalue weighted by atomic mass is 10.1. The summed E-state index contributed by atoms with van der Waals surface area (Å²) in [7, 11) is 0. The number of aromatic nitrogens is 1. The van der Waals surface area contributed by atoms with Gasteiger partial charge in [0.2, 0.25) is 5.91 Å². The molecule has 0 fully saturated rings. The molecule has 7 heteroatoms. The van der Waals surface area contributed by atoms with E-state index in [4.69, 9.17) is 16.3 Å². The molecule has 1 aromatic heterocycles. The van der Waals surface area contributed by atoms with Gasteiger partial charge < -0.3 is 15.0 Å². The molecular weight excluding hydrogens is 366 g/mol. The van der Waals surface area contributed by atoms with Crippen LogP contribution in [0.1, 0.15) is 33.6 Å². The lowest BCUT2D eigenvalue weighted by molar-refractivity contribution is -0.143. The van der Waals surface area contributed by atoms with Gasteiger partial charge in [0.05, 0.1) is 12.1 Å². The minimum Gasteiger partial charge on any atom is -0.464 e. The van der Waals surface area contributed by atoms with Gasteiger partial charge in [0, 0.05) is 48.7 Å². The van der Waals surface area contributed by atoms with E-state index in [0.717, 1.165) is 29.4 Å². The molecule has 0 spiro atoms. The number of carbonyl (C=O) groups excluding carboxylic acids is 2. The summed E-state index contributed by atoms with van der Waals surface area (Å²) in [4.78, 5) is 28.6. The molecule has 1 heterocycles. The van der Waals surface area contributed by atoms with E-state index in [1.165, 1.54) is 13.8 Å². The van der Waals surface area contributed by atoms with Crippen LogP contribution in [0.4, 0.5) is 5.69 Å². The van der Waals surface area contributed by atoms with E-state index in [1.54, 1.807) is 11.1 Å². The normalized spacial score (nSPS) is 11.9. The number of halogens is 1. The highest BCUT2D eigenvalue weighted by Crippen LogP contribution is 2.25.